The van der Waals surface area contributed by atoms with Crippen molar-refractivity contribution in [3.05, 3.63) is 12.5 Å². The Balaban J connectivity index is 1.67. The summed E-state index contributed by atoms with van der Waals surface area (Å²) in [6, 6.07) is 0.496. The normalized spacial score (nSPS) is 30.1. The van der Waals surface area contributed by atoms with Crippen molar-refractivity contribution in [2.45, 2.75) is 25.3 Å². The van der Waals surface area contributed by atoms with E-state index in [9.17, 15) is 0 Å². The van der Waals surface area contributed by atoms with Crippen molar-refractivity contribution in [1.82, 2.24) is 19.4 Å². The van der Waals surface area contributed by atoms with Crippen molar-refractivity contribution in [3.63, 3.8) is 0 Å². The topological polar surface area (TPSA) is 60.0 Å². The second-order valence-electron chi connectivity index (χ2n) is 6.50. The van der Waals surface area contributed by atoms with Crippen molar-refractivity contribution in [1.29, 1.82) is 0 Å². The fourth-order valence-electron chi connectivity index (χ4n) is 4.04. The molecule has 2 aromatic rings. The molecule has 1 aliphatic carbocycles. The van der Waals surface area contributed by atoms with Gasteiger partial charge in [0.2, 0.25) is 0 Å². The van der Waals surface area contributed by atoms with Gasteiger partial charge in [0.05, 0.1) is 5.39 Å². The van der Waals surface area contributed by atoms with Gasteiger partial charge in [0.15, 0.2) is 0 Å². The van der Waals surface area contributed by atoms with Crippen molar-refractivity contribution in [3.8, 4) is 0 Å². The summed E-state index contributed by atoms with van der Waals surface area (Å²) in [5, 5.41) is 0.803. The van der Waals surface area contributed by atoms with Crippen LogP contribution in [0.1, 0.15) is 25.3 Å². The number of anilines is 1. The Morgan fingerprint density at radius 3 is 2.90 bits per heavy atom. The Hall–Kier alpha value is -1.56. The van der Waals surface area contributed by atoms with Gasteiger partial charge in [0, 0.05) is 12.6 Å². The summed E-state index contributed by atoms with van der Waals surface area (Å²) in [6.45, 7) is 2.44. The molecule has 0 bridgehead atoms. The third kappa shape index (κ3) is 1.60. The van der Waals surface area contributed by atoms with Gasteiger partial charge in [-0.25, -0.2) is 9.97 Å². The van der Waals surface area contributed by atoms with Gasteiger partial charge in [-0.1, -0.05) is 5.46 Å². The molecular formula is C14H18BN5. The van der Waals surface area contributed by atoms with E-state index in [1.807, 2.05) is 6.20 Å². The van der Waals surface area contributed by atoms with Gasteiger partial charge in [-0.3, -0.25) is 0 Å². The van der Waals surface area contributed by atoms with E-state index < -0.39 is 0 Å². The molecule has 3 heterocycles. The maximum Gasteiger partial charge on any atom is 0.145 e. The molecule has 2 aromatic heterocycles. The van der Waals surface area contributed by atoms with E-state index in [0.717, 1.165) is 11.0 Å². The zero-order valence-corrected chi connectivity index (χ0v) is 11.7. The standard InChI is InChI=1S/C14H18BN5/c1-19-3-2-14(7-19)4-9(5-14)20-6-10(15)11-12(16)17-8-18-13(11)20/h6,8-9H,2-5,7H2,1H3,(H2,16,17,18). The molecule has 2 radical (unpaired) electrons. The van der Waals surface area contributed by atoms with Crippen LogP contribution in [0.25, 0.3) is 11.0 Å². The van der Waals surface area contributed by atoms with Gasteiger partial charge < -0.3 is 15.2 Å². The number of hydrogen-bond acceptors (Lipinski definition) is 4. The Bertz CT molecular complexity index is 673. The molecule has 1 saturated carbocycles. The predicted molar refractivity (Wildman–Crippen MR) is 80.1 cm³/mol. The van der Waals surface area contributed by atoms with Gasteiger partial charge in [-0.2, -0.15) is 0 Å². The molecule has 2 N–H and O–H groups in total. The third-order valence-electron chi connectivity index (χ3n) is 5.03. The maximum absolute atomic E-state index is 6.07. The van der Waals surface area contributed by atoms with E-state index in [1.54, 1.807) is 0 Å². The van der Waals surface area contributed by atoms with Crippen LogP contribution in [0.15, 0.2) is 12.5 Å². The van der Waals surface area contributed by atoms with Crippen molar-refractivity contribution < 1.29 is 0 Å². The number of fused-ring (bicyclic) bond motifs is 1. The van der Waals surface area contributed by atoms with E-state index in [2.05, 4.69) is 26.5 Å². The Kier molecular flexibility index (Phi) is 2.43. The Labute approximate surface area is 119 Å². The lowest BCUT2D eigenvalue weighted by atomic mass is 9.65. The minimum Gasteiger partial charge on any atom is -0.383 e. The fraction of sp³-hybridized carbons (Fsp3) is 0.571. The summed E-state index contributed by atoms with van der Waals surface area (Å²) in [7, 11) is 8.28. The first-order valence-corrected chi connectivity index (χ1v) is 7.13. The van der Waals surface area contributed by atoms with Crippen LogP contribution < -0.4 is 11.2 Å². The molecule has 2 aliphatic rings. The molecule has 0 amide bonds. The molecule has 2 fully saturated rings. The minimum absolute atomic E-state index is 0.473. The Morgan fingerprint density at radius 2 is 2.20 bits per heavy atom. The first kappa shape index (κ1) is 12.2. The summed E-state index contributed by atoms with van der Waals surface area (Å²) in [4.78, 5) is 10.8. The molecule has 0 aromatic carbocycles. The van der Waals surface area contributed by atoms with Gasteiger partial charge in [0.1, 0.15) is 25.6 Å². The average Bonchev–Trinajstić information content (AvgIpc) is 2.90. The monoisotopic (exact) mass is 267 g/mol. The summed E-state index contributed by atoms with van der Waals surface area (Å²) < 4.78 is 2.20. The van der Waals surface area contributed by atoms with Crippen LogP contribution in [0.3, 0.4) is 0 Å². The van der Waals surface area contributed by atoms with Gasteiger partial charge in [0.25, 0.3) is 0 Å². The molecule has 1 aliphatic heterocycles. The minimum atomic E-state index is 0.473. The number of aromatic nitrogens is 3. The van der Waals surface area contributed by atoms with Crippen LogP contribution in [-0.2, 0) is 0 Å². The molecule has 0 atom stereocenters. The summed E-state index contributed by atoms with van der Waals surface area (Å²) in [5.74, 6) is 0.473. The number of likely N-dealkylation sites (tertiary alicyclic amines) is 1. The molecule has 6 heteroatoms. The van der Waals surface area contributed by atoms with Gasteiger partial charge >= 0.3 is 0 Å². The maximum atomic E-state index is 6.07. The summed E-state index contributed by atoms with van der Waals surface area (Å²) >= 11 is 0. The highest BCUT2D eigenvalue weighted by Gasteiger charge is 2.48. The largest absolute Gasteiger partial charge is 0.383 e. The lowest BCUT2D eigenvalue weighted by molar-refractivity contribution is 0.0759. The number of nitrogen functional groups attached to an aromatic ring is 1. The predicted octanol–water partition coefficient (Wildman–Crippen LogP) is 0.464. The average molecular weight is 267 g/mol. The van der Waals surface area contributed by atoms with Crippen LogP contribution in [0.4, 0.5) is 5.82 Å². The highest BCUT2D eigenvalue weighted by Crippen LogP contribution is 2.54. The van der Waals surface area contributed by atoms with E-state index in [0.29, 0.717) is 22.7 Å². The molecule has 0 unspecified atom stereocenters. The van der Waals surface area contributed by atoms with Gasteiger partial charge in [-0.05, 0) is 44.5 Å². The van der Waals surface area contributed by atoms with Crippen LogP contribution in [-0.4, -0.2) is 47.4 Å². The SMILES string of the molecule is [B]c1cn(C2CC3(CCN(C)C3)C2)c2ncnc(N)c12. The quantitative estimate of drug-likeness (QED) is 0.763. The lowest BCUT2D eigenvalue weighted by Crippen LogP contribution is -2.40. The van der Waals surface area contributed by atoms with Crippen LogP contribution in [0.2, 0.25) is 0 Å². The summed E-state index contributed by atoms with van der Waals surface area (Å²) in [6.07, 6.45) is 7.23. The van der Waals surface area contributed by atoms with Crippen molar-refractivity contribution >= 4 is 30.2 Å². The van der Waals surface area contributed by atoms with E-state index in [-0.39, 0.29) is 0 Å². The van der Waals surface area contributed by atoms with Crippen molar-refractivity contribution in [2.24, 2.45) is 5.41 Å². The zero-order chi connectivity index (χ0) is 13.9. The smallest absolute Gasteiger partial charge is 0.145 e. The van der Waals surface area contributed by atoms with Crippen LogP contribution in [0, 0.1) is 5.41 Å². The zero-order valence-electron chi connectivity index (χ0n) is 11.7. The van der Waals surface area contributed by atoms with Gasteiger partial charge in [-0.15, -0.1) is 0 Å². The van der Waals surface area contributed by atoms with Crippen LogP contribution >= 0.6 is 0 Å². The number of rotatable bonds is 1. The number of nitrogens with two attached hydrogens (primary N) is 1. The van der Waals surface area contributed by atoms with E-state index in [4.69, 9.17) is 13.6 Å². The molecule has 1 spiro atoms. The Morgan fingerprint density at radius 1 is 1.40 bits per heavy atom. The van der Waals surface area contributed by atoms with E-state index in [1.165, 1.54) is 38.7 Å². The van der Waals surface area contributed by atoms with E-state index >= 15 is 0 Å². The fourth-order valence-corrected chi connectivity index (χ4v) is 4.04. The highest BCUT2D eigenvalue weighted by molar-refractivity contribution is 6.39. The lowest BCUT2D eigenvalue weighted by Gasteiger charge is -2.46. The second-order valence-corrected chi connectivity index (χ2v) is 6.50. The number of hydrogen-bond donors (Lipinski definition) is 1. The molecule has 4 rings (SSSR count). The first-order chi connectivity index (χ1) is 9.58. The highest BCUT2D eigenvalue weighted by atomic mass is 15.2. The molecule has 20 heavy (non-hydrogen) atoms. The third-order valence-corrected chi connectivity index (χ3v) is 5.03. The summed E-state index contributed by atoms with van der Waals surface area (Å²) in [5.41, 5.74) is 7.99. The van der Waals surface area contributed by atoms with Crippen LogP contribution in [0.5, 0.6) is 0 Å². The molecule has 1 saturated heterocycles. The molecule has 102 valence electrons. The first-order valence-electron chi connectivity index (χ1n) is 7.13. The van der Waals surface area contributed by atoms with Crippen molar-refractivity contribution in [2.75, 3.05) is 25.9 Å². The second kappa shape index (κ2) is 3.98. The molecule has 5 nitrogen and oxygen atoms in total. The molecular weight excluding hydrogens is 249 g/mol. The number of nitrogens with zero attached hydrogens (tertiary/aromatic N) is 4.